The van der Waals surface area contributed by atoms with Gasteiger partial charge in [-0.25, -0.2) is 0 Å². The fourth-order valence-corrected chi connectivity index (χ4v) is 3.61. The molecule has 0 amide bonds. The lowest BCUT2D eigenvalue weighted by Crippen LogP contribution is -2.30. The van der Waals surface area contributed by atoms with Crippen molar-refractivity contribution < 1.29 is 0 Å². The molecule has 3 rings (SSSR count). The van der Waals surface area contributed by atoms with E-state index in [1.807, 2.05) is 0 Å². The van der Waals surface area contributed by atoms with Crippen molar-refractivity contribution in [2.24, 2.45) is 0 Å². The summed E-state index contributed by atoms with van der Waals surface area (Å²) in [5.41, 5.74) is 1.41. The average Bonchev–Trinajstić information content (AvgIpc) is 2.62. The number of unbranched alkanes of at least 4 members (excludes halogenated alkanes) is 2. The molecule has 1 heterocycles. The van der Waals surface area contributed by atoms with Crippen LogP contribution in [0.15, 0.2) is 42.5 Å². The Morgan fingerprint density at radius 3 is 2.57 bits per heavy atom. The van der Waals surface area contributed by atoms with Crippen LogP contribution in [0.2, 0.25) is 0 Å². The van der Waals surface area contributed by atoms with E-state index in [1.54, 1.807) is 0 Å². The van der Waals surface area contributed by atoms with E-state index < -0.39 is 0 Å². The van der Waals surface area contributed by atoms with Gasteiger partial charge in [0.15, 0.2) is 0 Å². The minimum absolute atomic E-state index is 0.980. The maximum absolute atomic E-state index is 3.62. The Labute approximate surface area is 140 Å². The Morgan fingerprint density at radius 1 is 0.826 bits per heavy atom. The molecule has 2 nitrogen and oxygen atoms in total. The quantitative estimate of drug-likeness (QED) is 0.718. The van der Waals surface area contributed by atoms with Crippen LogP contribution in [-0.2, 0) is 6.54 Å². The molecule has 0 aliphatic carbocycles. The highest BCUT2D eigenvalue weighted by atomic mass is 15.1. The van der Waals surface area contributed by atoms with Crippen LogP contribution >= 0.6 is 0 Å². The Hall–Kier alpha value is -1.38. The van der Waals surface area contributed by atoms with Gasteiger partial charge in [-0.05, 0) is 68.2 Å². The average molecular weight is 310 g/mol. The summed E-state index contributed by atoms with van der Waals surface area (Å²) in [7, 11) is 0. The molecule has 2 heteroatoms. The smallest absolute Gasteiger partial charge is 0.0211 e. The van der Waals surface area contributed by atoms with Crippen LogP contribution in [0.1, 0.15) is 44.1 Å². The monoisotopic (exact) mass is 310 g/mol. The van der Waals surface area contributed by atoms with Gasteiger partial charge >= 0.3 is 0 Å². The molecule has 2 aromatic carbocycles. The Morgan fingerprint density at radius 2 is 1.65 bits per heavy atom. The molecule has 0 unspecified atom stereocenters. The summed E-state index contributed by atoms with van der Waals surface area (Å²) >= 11 is 0. The molecular formula is C21H30N2. The van der Waals surface area contributed by atoms with Crippen LogP contribution in [0, 0.1) is 0 Å². The molecule has 1 N–H and O–H groups in total. The van der Waals surface area contributed by atoms with Gasteiger partial charge in [-0.3, -0.25) is 0 Å². The molecule has 1 aliphatic rings. The third kappa shape index (κ3) is 5.05. The zero-order chi connectivity index (χ0) is 15.7. The van der Waals surface area contributed by atoms with E-state index in [-0.39, 0.29) is 0 Å². The van der Waals surface area contributed by atoms with Crippen molar-refractivity contribution in [3.05, 3.63) is 48.0 Å². The Balaban J connectivity index is 1.32. The molecular weight excluding hydrogens is 280 g/mol. The third-order valence-electron chi connectivity index (χ3n) is 4.97. The van der Waals surface area contributed by atoms with Crippen LogP contribution in [0.5, 0.6) is 0 Å². The van der Waals surface area contributed by atoms with Gasteiger partial charge in [0.05, 0.1) is 0 Å². The van der Waals surface area contributed by atoms with Gasteiger partial charge in [-0.15, -0.1) is 0 Å². The van der Waals surface area contributed by atoms with Crippen molar-refractivity contribution in [3.8, 4) is 0 Å². The summed E-state index contributed by atoms with van der Waals surface area (Å²) in [5.74, 6) is 0. The van der Waals surface area contributed by atoms with Crippen molar-refractivity contribution in [2.45, 2.75) is 45.1 Å². The Bertz CT molecular complexity index is 582. The summed E-state index contributed by atoms with van der Waals surface area (Å²) in [4.78, 5) is 2.65. The number of rotatable bonds is 8. The fraction of sp³-hybridized carbons (Fsp3) is 0.524. The lowest BCUT2D eigenvalue weighted by molar-refractivity contribution is 0.224. The number of likely N-dealkylation sites (tertiary alicyclic amines) is 1. The molecule has 0 saturated carbocycles. The lowest BCUT2D eigenvalue weighted by atomic mass is 10.0. The first-order valence-electron chi connectivity index (χ1n) is 9.33. The predicted molar refractivity (Wildman–Crippen MR) is 99.8 cm³/mol. The second kappa shape index (κ2) is 9.05. The number of nitrogens with one attached hydrogen (secondary N) is 1. The van der Waals surface area contributed by atoms with Gasteiger partial charge in [0.25, 0.3) is 0 Å². The van der Waals surface area contributed by atoms with Crippen LogP contribution in [0.25, 0.3) is 10.8 Å². The highest BCUT2D eigenvalue weighted by Crippen LogP contribution is 2.18. The van der Waals surface area contributed by atoms with Crippen molar-refractivity contribution in [1.29, 1.82) is 0 Å². The molecule has 124 valence electrons. The SMILES string of the molecule is c1ccc2c(CNCCCCCN3CCCCC3)cccc2c1. The van der Waals surface area contributed by atoms with E-state index in [0.717, 1.165) is 13.1 Å². The second-order valence-electron chi connectivity index (χ2n) is 6.78. The zero-order valence-electron chi connectivity index (χ0n) is 14.3. The molecule has 1 fully saturated rings. The van der Waals surface area contributed by atoms with E-state index in [9.17, 15) is 0 Å². The van der Waals surface area contributed by atoms with E-state index in [2.05, 4.69) is 52.7 Å². The standard InChI is InChI=1S/C21H30N2/c1(6-15-23-16-7-2-8-17-23)5-14-22-18-20-12-9-11-19-10-3-4-13-21(19)20/h3-4,9-13,22H,1-2,5-8,14-18H2. The summed E-state index contributed by atoms with van der Waals surface area (Å²) in [6, 6.07) is 15.3. The van der Waals surface area contributed by atoms with Crippen LogP contribution in [-0.4, -0.2) is 31.1 Å². The maximum atomic E-state index is 3.62. The van der Waals surface area contributed by atoms with Crippen molar-refractivity contribution in [2.75, 3.05) is 26.2 Å². The van der Waals surface area contributed by atoms with E-state index in [1.165, 1.54) is 74.5 Å². The molecule has 0 radical (unpaired) electrons. The highest BCUT2D eigenvalue weighted by Gasteiger charge is 2.08. The molecule has 1 saturated heterocycles. The number of hydrogen-bond donors (Lipinski definition) is 1. The van der Waals surface area contributed by atoms with Crippen LogP contribution < -0.4 is 5.32 Å². The third-order valence-corrected chi connectivity index (χ3v) is 4.97. The van der Waals surface area contributed by atoms with Gasteiger partial charge in [-0.2, -0.15) is 0 Å². The number of nitrogens with zero attached hydrogens (tertiary/aromatic N) is 1. The molecule has 0 atom stereocenters. The minimum Gasteiger partial charge on any atom is -0.313 e. The lowest BCUT2D eigenvalue weighted by Gasteiger charge is -2.26. The van der Waals surface area contributed by atoms with Gasteiger partial charge in [0, 0.05) is 6.54 Å². The summed E-state index contributed by atoms with van der Waals surface area (Å²) in [6.07, 6.45) is 8.25. The first kappa shape index (κ1) is 16.5. The maximum Gasteiger partial charge on any atom is 0.0211 e. The minimum atomic E-state index is 0.980. The van der Waals surface area contributed by atoms with Crippen LogP contribution in [0.3, 0.4) is 0 Å². The number of piperidine rings is 1. The van der Waals surface area contributed by atoms with Gasteiger partial charge in [0.1, 0.15) is 0 Å². The van der Waals surface area contributed by atoms with E-state index >= 15 is 0 Å². The van der Waals surface area contributed by atoms with Gasteiger partial charge in [0.2, 0.25) is 0 Å². The van der Waals surface area contributed by atoms with Crippen molar-refractivity contribution >= 4 is 10.8 Å². The normalized spacial score (nSPS) is 16.0. The van der Waals surface area contributed by atoms with E-state index in [0.29, 0.717) is 0 Å². The Kier molecular flexibility index (Phi) is 6.48. The number of benzene rings is 2. The van der Waals surface area contributed by atoms with E-state index in [4.69, 9.17) is 0 Å². The predicted octanol–water partition coefficient (Wildman–Crippen LogP) is 4.59. The summed E-state index contributed by atoms with van der Waals surface area (Å²) in [6.45, 7) is 6.08. The first-order chi connectivity index (χ1) is 11.4. The first-order valence-corrected chi connectivity index (χ1v) is 9.33. The molecule has 0 bridgehead atoms. The molecule has 0 aromatic heterocycles. The summed E-state index contributed by atoms with van der Waals surface area (Å²) < 4.78 is 0. The largest absolute Gasteiger partial charge is 0.313 e. The zero-order valence-corrected chi connectivity index (χ0v) is 14.3. The highest BCUT2D eigenvalue weighted by molar-refractivity contribution is 5.85. The van der Waals surface area contributed by atoms with Gasteiger partial charge < -0.3 is 10.2 Å². The molecule has 2 aromatic rings. The number of hydrogen-bond acceptors (Lipinski definition) is 2. The van der Waals surface area contributed by atoms with Crippen LogP contribution in [0.4, 0.5) is 0 Å². The second-order valence-corrected chi connectivity index (χ2v) is 6.78. The van der Waals surface area contributed by atoms with Gasteiger partial charge in [-0.1, -0.05) is 55.3 Å². The molecule has 1 aliphatic heterocycles. The molecule has 23 heavy (non-hydrogen) atoms. The topological polar surface area (TPSA) is 15.3 Å². The molecule has 0 spiro atoms. The summed E-state index contributed by atoms with van der Waals surface area (Å²) in [5, 5.41) is 6.34. The van der Waals surface area contributed by atoms with Crippen molar-refractivity contribution in [3.63, 3.8) is 0 Å². The number of fused-ring (bicyclic) bond motifs is 1. The van der Waals surface area contributed by atoms with Crippen molar-refractivity contribution in [1.82, 2.24) is 10.2 Å². The fourth-order valence-electron chi connectivity index (χ4n) is 3.61.